The van der Waals surface area contributed by atoms with Gasteiger partial charge >= 0.3 is 0 Å². The third-order valence-corrected chi connectivity index (χ3v) is 5.17. The average molecular weight is 354 g/mol. The van der Waals surface area contributed by atoms with Gasteiger partial charge < -0.3 is 19.9 Å². The number of hydrogen-bond donors (Lipinski definition) is 2. The number of methoxy groups -OCH3 is 1. The van der Waals surface area contributed by atoms with Gasteiger partial charge in [0, 0.05) is 11.4 Å². The number of ether oxygens (including phenoxy) is 1. The number of benzene rings is 2. The van der Waals surface area contributed by atoms with Crippen LogP contribution in [0.2, 0.25) is 0 Å². The highest BCUT2D eigenvalue weighted by Crippen LogP contribution is 2.22. The highest BCUT2D eigenvalue weighted by molar-refractivity contribution is 5.91. The number of anilines is 2. The summed E-state index contributed by atoms with van der Waals surface area (Å²) in [4.78, 5) is 16.1. The van der Waals surface area contributed by atoms with Crippen molar-refractivity contribution in [2.45, 2.75) is 13.8 Å². The second-order valence-electron chi connectivity index (χ2n) is 6.91. The van der Waals surface area contributed by atoms with Crippen LogP contribution >= 0.6 is 0 Å². The lowest BCUT2D eigenvalue weighted by atomic mass is 10.1. The summed E-state index contributed by atoms with van der Waals surface area (Å²) in [6.07, 6.45) is 0. The van der Waals surface area contributed by atoms with E-state index in [-0.39, 0.29) is 5.91 Å². The maximum Gasteiger partial charge on any atom is 0.279 e. The quantitative estimate of drug-likeness (QED) is 0.858. The molecule has 5 nitrogen and oxygen atoms in total. The van der Waals surface area contributed by atoms with E-state index in [0.717, 1.165) is 37.6 Å². The molecule has 138 valence electrons. The zero-order chi connectivity index (χ0) is 18.5. The molecule has 2 aromatic carbocycles. The second kappa shape index (κ2) is 8.23. The number of carbonyl (C=O) groups excluding carboxylic acids is 1. The van der Waals surface area contributed by atoms with Crippen molar-refractivity contribution in [3.8, 4) is 5.75 Å². The molecule has 0 saturated carbocycles. The number of carbonyl (C=O) groups is 1. The highest BCUT2D eigenvalue weighted by Gasteiger charge is 2.23. The summed E-state index contributed by atoms with van der Waals surface area (Å²) in [5.74, 6) is 0.849. The van der Waals surface area contributed by atoms with Crippen LogP contribution in [0.1, 0.15) is 11.1 Å². The molecule has 0 unspecified atom stereocenters. The van der Waals surface area contributed by atoms with E-state index in [1.807, 2.05) is 24.3 Å². The lowest BCUT2D eigenvalue weighted by Gasteiger charge is -2.34. The Hall–Kier alpha value is -2.53. The summed E-state index contributed by atoms with van der Waals surface area (Å²) < 4.78 is 5.14. The van der Waals surface area contributed by atoms with Crippen LogP contribution in [0.5, 0.6) is 5.75 Å². The normalized spacial score (nSPS) is 15.0. The van der Waals surface area contributed by atoms with Crippen LogP contribution in [0.3, 0.4) is 0 Å². The van der Waals surface area contributed by atoms with Gasteiger partial charge in [-0.15, -0.1) is 0 Å². The molecule has 1 heterocycles. The molecule has 2 N–H and O–H groups in total. The van der Waals surface area contributed by atoms with Crippen molar-refractivity contribution in [2.24, 2.45) is 0 Å². The molecule has 3 rings (SSSR count). The minimum Gasteiger partial charge on any atom is -0.497 e. The number of aryl methyl sites for hydroxylation is 1. The van der Waals surface area contributed by atoms with Crippen LogP contribution < -0.4 is 19.9 Å². The fraction of sp³-hybridized carbons (Fsp3) is 0.381. The SMILES string of the molecule is COc1ccc(NC(=O)C[NH+]2CCN(c3cccc(C)c3C)CC2)cc1. The molecular weight excluding hydrogens is 326 g/mol. The Kier molecular flexibility index (Phi) is 5.78. The molecule has 26 heavy (non-hydrogen) atoms. The molecule has 0 atom stereocenters. The number of nitrogens with zero attached hydrogens (tertiary/aromatic N) is 1. The van der Waals surface area contributed by atoms with Crippen molar-refractivity contribution in [1.29, 1.82) is 0 Å². The topological polar surface area (TPSA) is 46.0 Å². The van der Waals surface area contributed by atoms with Gasteiger partial charge in [-0.2, -0.15) is 0 Å². The van der Waals surface area contributed by atoms with Gasteiger partial charge in [0.25, 0.3) is 5.91 Å². The first kappa shape index (κ1) is 18.3. The van der Waals surface area contributed by atoms with Crippen LogP contribution in [-0.4, -0.2) is 45.7 Å². The first-order valence-corrected chi connectivity index (χ1v) is 9.15. The van der Waals surface area contributed by atoms with Crippen molar-refractivity contribution in [1.82, 2.24) is 0 Å². The molecule has 1 amide bonds. The lowest BCUT2D eigenvalue weighted by Crippen LogP contribution is -3.15. The zero-order valence-electron chi connectivity index (χ0n) is 15.8. The van der Waals surface area contributed by atoms with Crippen molar-refractivity contribution in [3.63, 3.8) is 0 Å². The van der Waals surface area contributed by atoms with E-state index in [0.29, 0.717) is 6.54 Å². The monoisotopic (exact) mass is 354 g/mol. The molecule has 0 aromatic heterocycles. The predicted molar refractivity (Wildman–Crippen MR) is 105 cm³/mol. The molecule has 1 aliphatic heterocycles. The van der Waals surface area contributed by atoms with Gasteiger partial charge in [0.15, 0.2) is 6.54 Å². The summed E-state index contributed by atoms with van der Waals surface area (Å²) in [6.45, 7) is 8.76. The summed E-state index contributed by atoms with van der Waals surface area (Å²) in [5, 5.41) is 2.97. The van der Waals surface area contributed by atoms with Crippen LogP contribution in [-0.2, 0) is 4.79 Å². The van der Waals surface area contributed by atoms with Crippen LogP contribution in [0.25, 0.3) is 0 Å². The largest absolute Gasteiger partial charge is 0.497 e. The van der Waals surface area contributed by atoms with E-state index in [4.69, 9.17) is 4.74 Å². The molecule has 2 aromatic rings. The van der Waals surface area contributed by atoms with E-state index in [2.05, 4.69) is 42.3 Å². The van der Waals surface area contributed by atoms with Gasteiger partial charge in [-0.25, -0.2) is 0 Å². The van der Waals surface area contributed by atoms with E-state index in [1.54, 1.807) is 7.11 Å². The van der Waals surface area contributed by atoms with Crippen LogP contribution in [0.15, 0.2) is 42.5 Å². The number of rotatable bonds is 5. The summed E-state index contributed by atoms with van der Waals surface area (Å²) in [6, 6.07) is 13.9. The first-order chi connectivity index (χ1) is 12.6. The predicted octanol–water partition coefficient (Wildman–Crippen LogP) is 1.66. The number of amides is 1. The number of hydrogen-bond acceptors (Lipinski definition) is 3. The summed E-state index contributed by atoms with van der Waals surface area (Å²) >= 11 is 0. The molecule has 1 saturated heterocycles. The Bertz CT molecular complexity index is 750. The third kappa shape index (κ3) is 4.35. The molecule has 0 radical (unpaired) electrons. The van der Waals surface area contributed by atoms with Crippen LogP contribution in [0, 0.1) is 13.8 Å². The average Bonchev–Trinajstić information content (AvgIpc) is 2.65. The Labute approximate surface area is 155 Å². The molecule has 5 heteroatoms. The van der Waals surface area contributed by atoms with Gasteiger partial charge in [-0.05, 0) is 55.3 Å². The molecule has 1 fully saturated rings. The van der Waals surface area contributed by atoms with Crippen molar-refractivity contribution in [3.05, 3.63) is 53.6 Å². The maximum absolute atomic E-state index is 12.3. The van der Waals surface area contributed by atoms with Gasteiger partial charge in [-0.1, -0.05) is 12.1 Å². The number of piperazine rings is 1. The van der Waals surface area contributed by atoms with Crippen molar-refractivity contribution >= 4 is 17.3 Å². The van der Waals surface area contributed by atoms with Gasteiger partial charge in [0.2, 0.25) is 0 Å². The van der Waals surface area contributed by atoms with E-state index in [1.165, 1.54) is 21.7 Å². The van der Waals surface area contributed by atoms with E-state index >= 15 is 0 Å². The van der Waals surface area contributed by atoms with E-state index in [9.17, 15) is 4.79 Å². The third-order valence-electron chi connectivity index (χ3n) is 5.17. The minimum absolute atomic E-state index is 0.0605. The van der Waals surface area contributed by atoms with E-state index < -0.39 is 0 Å². The van der Waals surface area contributed by atoms with Crippen molar-refractivity contribution < 1.29 is 14.4 Å². The summed E-state index contributed by atoms with van der Waals surface area (Å²) in [7, 11) is 1.63. The second-order valence-corrected chi connectivity index (χ2v) is 6.91. The summed E-state index contributed by atoms with van der Waals surface area (Å²) in [5.41, 5.74) is 4.82. The Morgan fingerprint density at radius 3 is 2.46 bits per heavy atom. The zero-order valence-corrected chi connectivity index (χ0v) is 15.8. The van der Waals surface area contributed by atoms with Gasteiger partial charge in [0.1, 0.15) is 5.75 Å². The minimum atomic E-state index is 0.0605. The van der Waals surface area contributed by atoms with Crippen molar-refractivity contribution in [2.75, 3.05) is 50.1 Å². The number of quaternary nitrogens is 1. The number of nitrogens with one attached hydrogen (secondary N) is 2. The molecule has 0 spiro atoms. The fourth-order valence-corrected chi connectivity index (χ4v) is 3.43. The standard InChI is InChI=1S/C21H27N3O2/c1-16-5-4-6-20(17(16)2)24-13-11-23(12-14-24)15-21(25)22-18-7-9-19(26-3)10-8-18/h4-10H,11-15H2,1-3H3,(H,22,25)/p+1. The Morgan fingerprint density at radius 2 is 1.81 bits per heavy atom. The highest BCUT2D eigenvalue weighted by atomic mass is 16.5. The molecule has 0 aliphatic carbocycles. The maximum atomic E-state index is 12.3. The van der Waals surface area contributed by atoms with Gasteiger partial charge in [-0.3, -0.25) is 4.79 Å². The first-order valence-electron chi connectivity index (χ1n) is 9.15. The Morgan fingerprint density at radius 1 is 1.12 bits per heavy atom. The fourth-order valence-electron chi connectivity index (χ4n) is 3.43. The Balaban J connectivity index is 1.50. The smallest absolute Gasteiger partial charge is 0.279 e. The molecule has 1 aliphatic rings. The molecular formula is C21H28N3O2+. The molecule has 0 bridgehead atoms. The lowest BCUT2D eigenvalue weighted by molar-refractivity contribution is -0.892. The van der Waals surface area contributed by atoms with Crippen LogP contribution in [0.4, 0.5) is 11.4 Å². The van der Waals surface area contributed by atoms with Gasteiger partial charge in [0.05, 0.1) is 33.3 Å².